The highest BCUT2D eigenvalue weighted by Crippen LogP contribution is 2.45. The Morgan fingerprint density at radius 3 is 2.74 bits per heavy atom. The van der Waals surface area contributed by atoms with Crippen molar-refractivity contribution in [3.05, 3.63) is 41.9 Å². The average Bonchev–Trinajstić information content (AvgIpc) is 3.01. The lowest BCUT2D eigenvalue weighted by molar-refractivity contribution is -0.125. The standard InChI is InChI=1S/C20H26N4O3/c1-13-6-17(27-11-13)18(25)24-9-14(7-22-19(26)20(2)4-5-20)15(10-24)16-8-21-12-23(16)3/h6,8,11-12,14-15H,4-5,7,9-10H2,1-3H3,(H,22,26)/t14-,15-/m1/s1. The molecular formula is C20H26N4O3. The second-order valence-electron chi connectivity index (χ2n) is 8.27. The van der Waals surface area contributed by atoms with Crippen LogP contribution >= 0.6 is 0 Å². The molecule has 0 spiro atoms. The zero-order valence-electron chi connectivity index (χ0n) is 16.1. The molecule has 2 aromatic heterocycles. The first-order valence-corrected chi connectivity index (χ1v) is 9.46. The molecule has 2 aromatic rings. The van der Waals surface area contributed by atoms with E-state index in [4.69, 9.17) is 4.42 Å². The van der Waals surface area contributed by atoms with Gasteiger partial charge in [0.15, 0.2) is 5.76 Å². The molecule has 144 valence electrons. The lowest BCUT2D eigenvalue weighted by Crippen LogP contribution is -2.36. The number of hydrogen-bond donors (Lipinski definition) is 1. The summed E-state index contributed by atoms with van der Waals surface area (Å²) in [6, 6.07) is 1.77. The number of nitrogens with zero attached hydrogens (tertiary/aromatic N) is 3. The van der Waals surface area contributed by atoms with Gasteiger partial charge in [-0.15, -0.1) is 0 Å². The van der Waals surface area contributed by atoms with Crippen molar-refractivity contribution in [1.82, 2.24) is 19.8 Å². The number of hydrogen-bond acceptors (Lipinski definition) is 4. The van der Waals surface area contributed by atoms with Crippen LogP contribution in [0.5, 0.6) is 0 Å². The second kappa shape index (κ2) is 6.55. The third-order valence-corrected chi connectivity index (χ3v) is 5.98. The molecule has 1 aliphatic heterocycles. The lowest BCUT2D eigenvalue weighted by atomic mass is 9.92. The number of carbonyl (C=O) groups is 2. The number of likely N-dealkylation sites (tertiary alicyclic amines) is 1. The van der Waals surface area contributed by atoms with Gasteiger partial charge in [-0.25, -0.2) is 4.98 Å². The quantitative estimate of drug-likeness (QED) is 0.874. The molecule has 2 atom stereocenters. The van der Waals surface area contributed by atoms with Crippen molar-refractivity contribution in [2.75, 3.05) is 19.6 Å². The number of aryl methyl sites for hydroxylation is 2. The van der Waals surface area contributed by atoms with Crippen LogP contribution < -0.4 is 5.32 Å². The predicted octanol–water partition coefficient (Wildman–Crippen LogP) is 2.09. The van der Waals surface area contributed by atoms with Crippen molar-refractivity contribution in [3.63, 3.8) is 0 Å². The highest BCUT2D eigenvalue weighted by Gasteiger charge is 2.45. The summed E-state index contributed by atoms with van der Waals surface area (Å²) in [5.74, 6) is 0.666. The first-order chi connectivity index (χ1) is 12.9. The van der Waals surface area contributed by atoms with Gasteiger partial charge >= 0.3 is 0 Å². The maximum atomic E-state index is 12.8. The highest BCUT2D eigenvalue weighted by atomic mass is 16.3. The van der Waals surface area contributed by atoms with Crippen LogP contribution in [0.15, 0.2) is 29.3 Å². The molecule has 4 rings (SSSR count). The molecule has 0 unspecified atom stereocenters. The molecule has 1 aliphatic carbocycles. The second-order valence-corrected chi connectivity index (χ2v) is 8.27. The lowest BCUT2D eigenvalue weighted by Gasteiger charge is -2.20. The van der Waals surface area contributed by atoms with Gasteiger partial charge in [-0.1, -0.05) is 6.92 Å². The zero-order valence-corrected chi connectivity index (χ0v) is 16.1. The Hall–Kier alpha value is -2.57. The molecule has 1 saturated heterocycles. The summed E-state index contributed by atoms with van der Waals surface area (Å²) in [4.78, 5) is 31.3. The van der Waals surface area contributed by atoms with E-state index in [1.54, 1.807) is 18.7 Å². The molecule has 0 radical (unpaired) electrons. The highest BCUT2D eigenvalue weighted by molar-refractivity contribution is 5.92. The number of aromatic nitrogens is 2. The fraction of sp³-hybridized carbons (Fsp3) is 0.550. The summed E-state index contributed by atoms with van der Waals surface area (Å²) in [6.07, 6.45) is 7.13. The first-order valence-electron chi connectivity index (χ1n) is 9.46. The summed E-state index contributed by atoms with van der Waals surface area (Å²) in [5.41, 5.74) is 1.82. The minimum Gasteiger partial charge on any atom is -0.459 e. The first kappa shape index (κ1) is 17.8. The minimum atomic E-state index is -0.193. The molecule has 0 aromatic carbocycles. The van der Waals surface area contributed by atoms with E-state index in [9.17, 15) is 9.59 Å². The maximum absolute atomic E-state index is 12.8. The fourth-order valence-electron chi connectivity index (χ4n) is 3.85. The van der Waals surface area contributed by atoms with Crippen molar-refractivity contribution < 1.29 is 14.0 Å². The topological polar surface area (TPSA) is 80.4 Å². The summed E-state index contributed by atoms with van der Waals surface area (Å²) < 4.78 is 7.39. The third-order valence-electron chi connectivity index (χ3n) is 5.98. The van der Waals surface area contributed by atoms with Crippen LogP contribution in [0, 0.1) is 18.3 Å². The van der Waals surface area contributed by atoms with Crippen molar-refractivity contribution in [1.29, 1.82) is 0 Å². The average molecular weight is 370 g/mol. The van der Waals surface area contributed by atoms with Crippen LogP contribution in [-0.2, 0) is 11.8 Å². The van der Waals surface area contributed by atoms with Gasteiger partial charge in [0.2, 0.25) is 5.91 Å². The Morgan fingerprint density at radius 2 is 2.15 bits per heavy atom. The van der Waals surface area contributed by atoms with Crippen LogP contribution in [0.3, 0.4) is 0 Å². The normalized spacial score (nSPS) is 23.4. The van der Waals surface area contributed by atoms with E-state index in [1.165, 1.54) is 0 Å². The number of nitrogens with one attached hydrogen (secondary N) is 1. The van der Waals surface area contributed by atoms with Crippen LogP contribution in [0.1, 0.15) is 47.5 Å². The number of imidazole rings is 1. The Morgan fingerprint density at radius 1 is 1.37 bits per heavy atom. The molecule has 2 amide bonds. The smallest absolute Gasteiger partial charge is 0.289 e. The molecule has 27 heavy (non-hydrogen) atoms. The molecular weight excluding hydrogens is 344 g/mol. The minimum absolute atomic E-state index is 0.0988. The Labute approximate surface area is 158 Å². The van der Waals surface area contributed by atoms with Crippen molar-refractivity contribution >= 4 is 11.8 Å². The van der Waals surface area contributed by atoms with Crippen molar-refractivity contribution in [2.45, 2.75) is 32.6 Å². The van der Waals surface area contributed by atoms with Crippen LogP contribution in [0.4, 0.5) is 0 Å². The summed E-state index contributed by atoms with van der Waals surface area (Å²) >= 11 is 0. The van der Waals surface area contributed by atoms with E-state index in [0.29, 0.717) is 25.4 Å². The van der Waals surface area contributed by atoms with Crippen LogP contribution in [0.2, 0.25) is 0 Å². The van der Waals surface area contributed by atoms with E-state index in [0.717, 1.165) is 24.1 Å². The molecule has 0 bridgehead atoms. The van der Waals surface area contributed by atoms with Gasteiger partial charge < -0.3 is 19.2 Å². The predicted molar refractivity (Wildman–Crippen MR) is 99.1 cm³/mol. The van der Waals surface area contributed by atoms with E-state index in [-0.39, 0.29) is 29.1 Å². The Kier molecular flexibility index (Phi) is 4.32. The molecule has 2 aliphatic rings. The molecule has 2 fully saturated rings. The number of carbonyl (C=O) groups excluding carboxylic acids is 2. The Balaban J connectivity index is 1.50. The monoisotopic (exact) mass is 370 g/mol. The molecule has 1 saturated carbocycles. The number of furan rings is 1. The van der Waals surface area contributed by atoms with E-state index in [2.05, 4.69) is 10.3 Å². The number of amides is 2. The van der Waals surface area contributed by atoms with Crippen LogP contribution in [0.25, 0.3) is 0 Å². The van der Waals surface area contributed by atoms with Gasteiger partial charge in [-0.05, 0) is 31.4 Å². The maximum Gasteiger partial charge on any atom is 0.289 e. The van der Waals surface area contributed by atoms with Gasteiger partial charge in [0.05, 0.1) is 12.6 Å². The third kappa shape index (κ3) is 3.38. The Bertz CT molecular complexity index is 864. The largest absolute Gasteiger partial charge is 0.459 e. The van der Waals surface area contributed by atoms with Crippen LogP contribution in [-0.4, -0.2) is 45.9 Å². The summed E-state index contributed by atoms with van der Waals surface area (Å²) in [7, 11) is 1.96. The van der Waals surface area contributed by atoms with Gasteiger partial charge in [0.25, 0.3) is 5.91 Å². The van der Waals surface area contributed by atoms with Gasteiger partial charge in [0.1, 0.15) is 0 Å². The van der Waals surface area contributed by atoms with E-state index >= 15 is 0 Å². The van der Waals surface area contributed by atoms with E-state index < -0.39 is 0 Å². The van der Waals surface area contributed by atoms with Gasteiger partial charge in [-0.3, -0.25) is 9.59 Å². The molecule has 1 N–H and O–H groups in total. The fourth-order valence-corrected chi connectivity index (χ4v) is 3.85. The van der Waals surface area contributed by atoms with Crippen molar-refractivity contribution in [2.24, 2.45) is 18.4 Å². The summed E-state index contributed by atoms with van der Waals surface area (Å²) in [5, 5.41) is 3.11. The molecule has 7 heteroatoms. The van der Waals surface area contributed by atoms with Gasteiger partial charge in [-0.2, -0.15) is 0 Å². The SMILES string of the molecule is Cc1coc(C(=O)N2C[C@@H](CNC(=O)C3(C)CC3)[C@H](c3cncn3C)C2)c1. The molecule has 3 heterocycles. The zero-order chi connectivity index (χ0) is 19.2. The summed E-state index contributed by atoms with van der Waals surface area (Å²) in [6.45, 7) is 5.65. The van der Waals surface area contributed by atoms with E-state index in [1.807, 2.05) is 36.6 Å². The van der Waals surface area contributed by atoms with Gasteiger partial charge in [0, 0.05) is 55.8 Å². The van der Waals surface area contributed by atoms with Crippen molar-refractivity contribution in [3.8, 4) is 0 Å². The number of rotatable bonds is 5. The molecule has 7 nitrogen and oxygen atoms in total.